The minimum atomic E-state index is 0.780. The van der Waals surface area contributed by atoms with Crippen LogP contribution in [0.3, 0.4) is 0 Å². The fraction of sp³-hybridized carbons (Fsp3) is 0.174. The van der Waals surface area contributed by atoms with Gasteiger partial charge in [0.15, 0.2) is 5.65 Å². The Bertz CT molecular complexity index is 1310. The van der Waals surface area contributed by atoms with Crippen LogP contribution in [0.4, 0.5) is 5.82 Å². The third kappa shape index (κ3) is 3.12. The number of aryl methyl sites for hydroxylation is 2. The van der Waals surface area contributed by atoms with Gasteiger partial charge >= 0.3 is 0 Å². The molecular weight excluding hydrogens is 360 g/mol. The summed E-state index contributed by atoms with van der Waals surface area (Å²) in [5.74, 6) is 0.811. The van der Waals surface area contributed by atoms with Crippen molar-refractivity contribution in [3.63, 3.8) is 0 Å². The fourth-order valence-electron chi connectivity index (χ4n) is 3.86. The molecule has 0 aliphatic rings. The van der Waals surface area contributed by atoms with Crippen LogP contribution in [0.5, 0.6) is 0 Å². The number of aromatic nitrogens is 5. The number of H-pyrrole nitrogens is 1. The summed E-state index contributed by atoms with van der Waals surface area (Å²) >= 11 is 0. The Morgan fingerprint density at radius 2 is 1.93 bits per heavy atom. The van der Waals surface area contributed by atoms with Crippen LogP contribution in [0.25, 0.3) is 27.6 Å². The van der Waals surface area contributed by atoms with Crippen molar-refractivity contribution in [3.8, 4) is 5.69 Å². The van der Waals surface area contributed by atoms with Gasteiger partial charge in [-0.15, -0.1) is 0 Å². The molecule has 2 aromatic carbocycles. The van der Waals surface area contributed by atoms with Crippen molar-refractivity contribution in [2.75, 3.05) is 11.9 Å². The Morgan fingerprint density at radius 1 is 1.03 bits per heavy atom. The molecule has 0 fully saturated rings. The molecule has 0 amide bonds. The highest BCUT2D eigenvalue weighted by molar-refractivity contribution is 5.87. The first-order chi connectivity index (χ1) is 14.2. The van der Waals surface area contributed by atoms with E-state index in [0.717, 1.165) is 35.5 Å². The van der Waals surface area contributed by atoms with E-state index in [0.29, 0.717) is 0 Å². The lowest BCUT2D eigenvalue weighted by Gasteiger charge is -2.09. The van der Waals surface area contributed by atoms with Gasteiger partial charge in [0.25, 0.3) is 0 Å². The van der Waals surface area contributed by atoms with Gasteiger partial charge < -0.3 is 10.3 Å². The van der Waals surface area contributed by atoms with Gasteiger partial charge in [0.05, 0.1) is 17.3 Å². The number of aromatic amines is 1. The summed E-state index contributed by atoms with van der Waals surface area (Å²) < 4.78 is 1.89. The molecule has 0 atom stereocenters. The average Bonchev–Trinajstić information content (AvgIpc) is 3.33. The molecule has 29 heavy (non-hydrogen) atoms. The first-order valence-electron chi connectivity index (χ1n) is 9.76. The zero-order valence-electron chi connectivity index (χ0n) is 16.5. The Balaban J connectivity index is 1.40. The van der Waals surface area contributed by atoms with E-state index in [-0.39, 0.29) is 0 Å². The summed E-state index contributed by atoms with van der Waals surface area (Å²) in [6.07, 6.45) is 6.42. The van der Waals surface area contributed by atoms with Crippen LogP contribution in [-0.2, 0) is 6.42 Å². The Labute approximate surface area is 168 Å². The van der Waals surface area contributed by atoms with E-state index in [1.165, 1.54) is 27.6 Å². The third-order valence-corrected chi connectivity index (χ3v) is 5.31. The molecule has 0 aliphatic heterocycles. The van der Waals surface area contributed by atoms with Gasteiger partial charge in [-0.1, -0.05) is 35.9 Å². The smallest absolute Gasteiger partial charge is 0.168 e. The molecule has 0 saturated carbocycles. The molecule has 3 aromatic heterocycles. The SMILES string of the molecule is Cc1ccc(-n2ncc3c(NCCc4c[nH]c5ccccc45)ncnc32)c(C)c1. The summed E-state index contributed by atoms with van der Waals surface area (Å²) in [4.78, 5) is 12.3. The number of benzene rings is 2. The standard InChI is InChI=1S/C23H22N6/c1-15-7-8-21(16(2)11-15)29-23-19(13-28-29)22(26-14-27-23)24-10-9-17-12-25-20-6-4-3-5-18(17)20/h3-8,11-14,25H,9-10H2,1-2H3,(H,24,26,27). The molecule has 6 heteroatoms. The molecule has 2 N–H and O–H groups in total. The Morgan fingerprint density at radius 3 is 2.83 bits per heavy atom. The number of anilines is 1. The maximum absolute atomic E-state index is 4.58. The molecule has 0 aliphatic carbocycles. The van der Waals surface area contributed by atoms with Crippen LogP contribution >= 0.6 is 0 Å². The molecule has 5 rings (SSSR count). The van der Waals surface area contributed by atoms with E-state index >= 15 is 0 Å². The third-order valence-electron chi connectivity index (χ3n) is 5.31. The van der Waals surface area contributed by atoms with Gasteiger partial charge in [0.1, 0.15) is 12.1 Å². The van der Waals surface area contributed by atoms with Crippen LogP contribution in [0.15, 0.2) is 61.2 Å². The Kier molecular flexibility index (Phi) is 4.24. The predicted molar refractivity (Wildman–Crippen MR) is 117 cm³/mol. The molecule has 0 unspecified atom stereocenters. The van der Waals surface area contributed by atoms with Crippen molar-refractivity contribution in [1.82, 2.24) is 24.7 Å². The quantitative estimate of drug-likeness (QED) is 0.467. The predicted octanol–water partition coefficient (Wildman–Crippen LogP) is 4.57. The van der Waals surface area contributed by atoms with Gasteiger partial charge in [-0.25, -0.2) is 14.6 Å². The summed E-state index contributed by atoms with van der Waals surface area (Å²) in [6.45, 7) is 4.97. The largest absolute Gasteiger partial charge is 0.369 e. The van der Waals surface area contributed by atoms with Crippen LogP contribution in [0.2, 0.25) is 0 Å². The van der Waals surface area contributed by atoms with E-state index in [9.17, 15) is 0 Å². The van der Waals surface area contributed by atoms with Crippen molar-refractivity contribution in [2.45, 2.75) is 20.3 Å². The number of hydrogen-bond donors (Lipinski definition) is 2. The molecule has 6 nitrogen and oxygen atoms in total. The van der Waals surface area contributed by atoms with Crippen LogP contribution in [-0.4, -0.2) is 31.3 Å². The number of nitrogens with zero attached hydrogens (tertiary/aromatic N) is 4. The van der Waals surface area contributed by atoms with E-state index < -0.39 is 0 Å². The first-order valence-corrected chi connectivity index (χ1v) is 9.76. The number of hydrogen-bond acceptors (Lipinski definition) is 4. The first kappa shape index (κ1) is 17.4. The second kappa shape index (κ2) is 7.05. The number of fused-ring (bicyclic) bond motifs is 2. The summed E-state index contributed by atoms with van der Waals surface area (Å²) in [6, 6.07) is 14.7. The lowest BCUT2D eigenvalue weighted by molar-refractivity contribution is 0.886. The van der Waals surface area contributed by atoms with Gasteiger partial charge in [-0.2, -0.15) is 5.10 Å². The number of rotatable bonds is 5. The van der Waals surface area contributed by atoms with Gasteiger partial charge in [-0.05, 0) is 43.5 Å². The van der Waals surface area contributed by atoms with Crippen LogP contribution < -0.4 is 5.32 Å². The van der Waals surface area contributed by atoms with Crippen molar-refractivity contribution in [2.24, 2.45) is 0 Å². The van der Waals surface area contributed by atoms with Gasteiger partial charge in [-0.3, -0.25) is 0 Å². The lowest BCUT2D eigenvalue weighted by Crippen LogP contribution is -2.07. The monoisotopic (exact) mass is 382 g/mol. The summed E-state index contributed by atoms with van der Waals surface area (Å²) in [5.41, 5.74) is 6.71. The minimum absolute atomic E-state index is 0.780. The highest BCUT2D eigenvalue weighted by Gasteiger charge is 2.12. The Hall–Kier alpha value is -3.67. The zero-order valence-corrected chi connectivity index (χ0v) is 16.5. The highest BCUT2D eigenvalue weighted by atomic mass is 15.3. The molecule has 5 aromatic rings. The second-order valence-corrected chi connectivity index (χ2v) is 7.34. The molecule has 3 heterocycles. The molecular formula is C23H22N6. The van der Waals surface area contributed by atoms with Crippen molar-refractivity contribution < 1.29 is 0 Å². The van der Waals surface area contributed by atoms with Crippen LogP contribution in [0.1, 0.15) is 16.7 Å². The normalized spacial score (nSPS) is 11.4. The number of nitrogens with one attached hydrogen (secondary N) is 2. The topological polar surface area (TPSA) is 71.4 Å². The fourth-order valence-corrected chi connectivity index (χ4v) is 3.86. The van der Waals surface area contributed by atoms with Crippen molar-refractivity contribution in [1.29, 1.82) is 0 Å². The lowest BCUT2D eigenvalue weighted by atomic mass is 10.1. The average molecular weight is 382 g/mol. The zero-order chi connectivity index (χ0) is 19.8. The van der Waals surface area contributed by atoms with Crippen molar-refractivity contribution in [3.05, 3.63) is 77.9 Å². The molecule has 144 valence electrons. The van der Waals surface area contributed by atoms with E-state index in [2.05, 4.69) is 81.8 Å². The second-order valence-electron chi connectivity index (χ2n) is 7.34. The summed E-state index contributed by atoms with van der Waals surface area (Å²) in [5, 5.41) is 10.2. The molecule has 0 spiro atoms. The van der Waals surface area contributed by atoms with Gasteiger partial charge in [0.2, 0.25) is 0 Å². The summed E-state index contributed by atoms with van der Waals surface area (Å²) in [7, 11) is 0. The minimum Gasteiger partial charge on any atom is -0.369 e. The van der Waals surface area contributed by atoms with E-state index in [1.807, 2.05) is 16.9 Å². The van der Waals surface area contributed by atoms with Crippen molar-refractivity contribution >= 4 is 27.8 Å². The molecule has 0 radical (unpaired) electrons. The van der Waals surface area contributed by atoms with E-state index in [1.54, 1.807) is 6.33 Å². The molecule has 0 bridgehead atoms. The van der Waals surface area contributed by atoms with E-state index in [4.69, 9.17) is 0 Å². The maximum Gasteiger partial charge on any atom is 0.168 e. The van der Waals surface area contributed by atoms with Crippen LogP contribution in [0, 0.1) is 13.8 Å². The van der Waals surface area contributed by atoms with Gasteiger partial charge in [0, 0.05) is 23.6 Å². The maximum atomic E-state index is 4.58. The number of para-hydroxylation sites is 1. The highest BCUT2D eigenvalue weighted by Crippen LogP contribution is 2.24. The molecule has 0 saturated heterocycles.